The first-order chi connectivity index (χ1) is 12.3. The van der Waals surface area contributed by atoms with Gasteiger partial charge in [0.15, 0.2) is 0 Å². The minimum atomic E-state index is 0.102. The van der Waals surface area contributed by atoms with Gasteiger partial charge in [0, 0.05) is 23.2 Å². The van der Waals surface area contributed by atoms with Crippen molar-refractivity contribution in [1.82, 2.24) is 4.90 Å². The van der Waals surface area contributed by atoms with Gasteiger partial charge in [-0.25, -0.2) is 0 Å². The highest BCUT2D eigenvalue weighted by Gasteiger charge is 2.21. The van der Waals surface area contributed by atoms with Gasteiger partial charge in [0.25, 0.3) is 5.91 Å². The lowest BCUT2D eigenvalue weighted by molar-refractivity contribution is 0.0306. The van der Waals surface area contributed by atoms with Crippen LogP contribution in [0.4, 0.5) is 0 Å². The van der Waals surface area contributed by atoms with Crippen molar-refractivity contribution in [2.45, 2.75) is 0 Å². The third kappa shape index (κ3) is 3.13. The monoisotopic (exact) mass is 353 g/mol. The van der Waals surface area contributed by atoms with E-state index in [4.69, 9.17) is 9.47 Å². The summed E-state index contributed by atoms with van der Waals surface area (Å²) in [6, 6.07) is 16.3. The molecule has 1 aliphatic rings. The lowest BCUT2D eigenvalue weighted by Crippen LogP contribution is -2.40. The number of amides is 1. The molecule has 0 radical (unpaired) electrons. The number of carbonyl (C=O) groups is 1. The number of benzene rings is 2. The maximum atomic E-state index is 12.8. The van der Waals surface area contributed by atoms with Crippen LogP contribution in [0.25, 0.3) is 21.2 Å². The smallest absolute Gasteiger partial charge is 0.264 e. The molecule has 1 amide bonds. The van der Waals surface area contributed by atoms with Crippen LogP contribution in [0.15, 0.2) is 48.5 Å². The molecule has 0 saturated carbocycles. The molecule has 3 aromatic rings. The molecule has 1 aromatic heterocycles. The van der Waals surface area contributed by atoms with Gasteiger partial charge >= 0.3 is 0 Å². The second-order valence-electron chi connectivity index (χ2n) is 5.96. The first-order valence-corrected chi connectivity index (χ1v) is 9.12. The molecular weight excluding hydrogens is 334 g/mol. The summed E-state index contributed by atoms with van der Waals surface area (Å²) in [5, 5.41) is 1.12. The summed E-state index contributed by atoms with van der Waals surface area (Å²) >= 11 is 1.56. The Morgan fingerprint density at radius 3 is 2.60 bits per heavy atom. The highest BCUT2D eigenvalue weighted by Crippen LogP contribution is 2.35. The Balaban J connectivity index is 1.71. The number of methoxy groups -OCH3 is 1. The Hall–Kier alpha value is -2.37. The maximum Gasteiger partial charge on any atom is 0.264 e. The predicted octanol–water partition coefficient (Wildman–Crippen LogP) is 4.05. The van der Waals surface area contributed by atoms with Crippen LogP contribution in [0, 0.1) is 0 Å². The van der Waals surface area contributed by atoms with Gasteiger partial charge in [0.1, 0.15) is 5.75 Å². The van der Waals surface area contributed by atoms with Crippen LogP contribution in [-0.2, 0) is 4.74 Å². The van der Waals surface area contributed by atoms with Crippen molar-refractivity contribution in [2.24, 2.45) is 0 Å². The SMILES string of the molecule is COc1ccc(-c2cccc3sc(C(=O)N4CCOCC4)cc23)cc1. The van der Waals surface area contributed by atoms with E-state index in [1.54, 1.807) is 18.4 Å². The molecule has 0 N–H and O–H groups in total. The summed E-state index contributed by atoms with van der Waals surface area (Å²) in [7, 11) is 1.66. The molecule has 0 atom stereocenters. The highest BCUT2D eigenvalue weighted by molar-refractivity contribution is 7.20. The summed E-state index contributed by atoms with van der Waals surface area (Å²) in [5.74, 6) is 0.939. The van der Waals surface area contributed by atoms with Crippen LogP contribution in [0.3, 0.4) is 0 Å². The molecule has 0 bridgehead atoms. The predicted molar refractivity (Wildman–Crippen MR) is 101 cm³/mol. The molecule has 128 valence electrons. The van der Waals surface area contributed by atoms with Crippen LogP contribution in [0.5, 0.6) is 5.75 Å². The number of nitrogens with zero attached hydrogens (tertiary/aromatic N) is 1. The summed E-state index contributed by atoms with van der Waals surface area (Å²) < 4.78 is 11.7. The molecule has 2 aromatic carbocycles. The zero-order chi connectivity index (χ0) is 17.2. The molecule has 5 heteroatoms. The second-order valence-corrected chi connectivity index (χ2v) is 7.04. The Morgan fingerprint density at radius 2 is 1.88 bits per heavy atom. The van der Waals surface area contributed by atoms with Crippen LogP contribution in [0.2, 0.25) is 0 Å². The largest absolute Gasteiger partial charge is 0.497 e. The van der Waals surface area contributed by atoms with Gasteiger partial charge in [0.05, 0.1) is 25.2 Å². The van der Waals surface area contributed by atoms with Crippen molar-refractivity contribution in [3.8, 4) is 16.9 Å². The zero-order valence-corrected chi connectivity index (χ0v) is 14.8. The van der Waals surface area contributed by atoms with Crippen molar-refractivity contribution < 1.29 is 14.3 Å². The molecule has 4 nitrogen and oxygen atoms in total. The Kier molecular flexibility index (Phi) is 4.42. The first-order valence-electron chi connectivity index (χ1n) is 8.30. The zero-order valence-electron chi connectivity index (χ0n) is 14.0. The van der Waals surface area contributed by atoms with Gasteiger partial charge in [-0.3, -0.25) is 4.79 Å². The lowest BCUT2D eigenvalue weighted by Gasteiger charge is -2.26. The number of hydrogen-bond acceptors (Lipinski definition) is 4. The minimum absolute atomic E-state index is 0.102. The fourth-order valence-corrected chi connectivity index (χ4v) is 4.17. The van der Waals surface area contributed by atoms with E-state index in [9.17, 15) is 4.79 Å². The van der Waals surface area contributed by atoms with Gasteiger partial charge in [0.2, 0.25) is 0 Å². The van der Waals surface area contributed by atoms with Gasteiger partial charge in [-0.05, 0) is 35.4 Å². The van der Waals surface area contributed by atoms with E-state index >= 15 is 0 Å². The molecule has 0 unspecified atom stereocenters. The van der Waals surface area contributed by atoms with Crippen molar-refractivity contribution in [1.29, 1.82) is 0 Å². The van der Waals surface area contributed by atoms with Crippen molar-refractivity contribution >= 4 is 27.3 Å². The molecule has 1 aliphatic heterocycles. The van der Waals surface area contributed by atoms with E-state index in [0.29, 0.717) is 26.3 Å². The van der Waals surface area contributed by atoms with Crippen molar-refractivity contribution in [3.05, 3.63) is 53.4 Å². The van der Waals surface area contributed by atoms with E-state index in [-0.39, 0.29) is 5.91 Å². The van der Waals surface area contributed by atoms with Gasteiger partial charge in [-0.2, -0.15) is 0 Å². The van der Waals surface area contributed by atoms with E-state index < -0.39 is 0 Å². The van der Waals surface area contributed by atoms with Gasteiger partial charge in [-0.1, -0.05) is 24.3 Å². The average molecular weight is 353 g/mol. The summed E-state index contributed by atoms with van der Waals surface area (Å²) in [4.78, 5) is 15.4. The standard InChI is InChI=1S/C20H19NO3S/c1-23-15-7-5-14(6-8-15)16-3-2-4-18-17(16)13-19(25-18)20(22)21-9-11-24-12-10-21/h2-8,13H,9-12H2,1H3. The third-order valence-electron chi connectivity index (χ3n) is 4.47. The minimum Gasteiger partial charge on any atom is -0.497 e. The highest BCUT2D eigenvalue weighted by atomic mass is 32.1. The van der Waals surface area contributed by atoms with Crippen LogP contribution in [-0.4, -0.2) is 44.2 Å². The topological polar surface area (TPSA) is 38.8 Å². The fraction of sp³-hybridized carbons (Fsp3) is 0.250. The van der Waals surface area contributed by atoms with Crippen LogP contribution < -0.4 is 4.74 Å². The number of carbonyl (C=O) groups excluding carboxylic acids is 1. The number of fused-ring (bicyclic) bond motifs is 1. The van der Waals surface area contributed by atoms with E-state index in [1.165, 1.54) is 0 Å². The molecular formula is C20H19NO3S. The number of morpholine rings is 1. The molecule has 1 saturated heterocycles. The number of ether oxygens (including phenoxy) is 2. The summed E-state index contributed by atoms with van der Waals surface area (Å²) in [5.41, 5.74) is 2.26. The Bertz CT molecular complexity index is 895. The first kappa shape index (κ1) is 16.1. The van der Waals surface area contributed by atoms with Crippen LogP contribution in [0.1, 0.15) is 9.67 Å². The number of rotatable bonds is 3. The van der Waals surface area contributed by atoms with E-state index in [2.05, 4.69) is 24.3 Å². The molecule has 0 aliphatic carbocycles. The number of thiophene rings is 1. The molecule has 0 spiro atoms. The quantitative estimate of drug-likeness (QED) is 0.713. The summed E-state index contributed by atoms with van der Waals surface area (Å²) in [6.45, 7) is 2.57. The van der Waals surface area contributed by atoms with Crippen molar-refractivity contribution in [2.75, 3.05) is 33.4 Å². The Labute approximate surface area is 150 Å². The molecule has 4 rings (SSSR count). The lowest BCUT2D eigenvalue weighted by atomic mass is 10.0. The van der Waals surface area contributed by atoms with Crippen molar-refractivity contribution in [3.63, 3.8) is 0 Å². The van der Waals surface area contributed by atoms with E-state index in [0.717, 1.165) is 31.8 Å². The normalized spacial score (nSPS) is 14.7. The van der Waals surface area contributed by atoms with Gasteiger partial charge < -0.3 is 14.4 Å². The van der Waals surface area contributed by atoms with E-state index in [1.807, 2.05) is 29.2 Å². The average Bonchev–Trinajstić information content (AvgIpc) is 3.12. The molecule has 2 heterocycles. The van der Waals surface area contributed by atoms with Gasteiger partial charge in [-0.15, -0.1) is 11.3 Å². The number of hydrogen-bond donors (Lipinski definition) is 0. The molecule has 1 fully saturated rings. The summed E-state index contributed by atoms with van der Waals surface area (Å²) in [6.07, 6.45) is 0. The van der Waals surface area contributed by atoms with Crippen LogP contribution >= 0.6 is 11.3 Å². The third-order valence-corrected chi connectivity index (χ3v) is 5.56. The maximum absolute atomic E-state index is 12.8. The molecule has 25 heavy (non-hydrogen) atoms. The second kappa shape index (κ2) is 6.86. The fourth-order valence-electron chi connectivity index (χ4n) is 3.11. The Morgan fingerprint density at radius 1 is 1.12 bits per heavy atom.